The van der Waals surface area contributed by atoms with Crippen LogP contribution in [0, 0.1) is 0 Å². The lowest BCUT2D eigenvalue weighted by molar-refractivity contribution is -0.142. The van der Waals surface area contributed by atoms with Crippen molar-refractivity contribution in [2.75, 3.05) is 32.6 Å². The SMILES string of the molecule is CC(=O)OCc1cnc2c(c1)OCCc1cc(C(=O)N(C)c3ccc(C(=O)N(C)C)cc3Cl)sc1-2. The van der Waals surface area contributed by atoms with Gasteiger partial charge >= 0.3 is 5.97 Å². The van der Waals surface area contributed by atoms with Crippen LogP contribution in [0.4, 0.5) is 5.69 Å². The van der Waals surface area contributed by atoms with Gasteiger partial charge in [0.25, 0.3) is 11.8 Å². The molecule has 0 unspecified atom stereocenters. The number of aromatic nitrogens is 1. The van der Waals surface area contributed by atoms with Crippen LogP contribution in [0.3, 0.4) is 0 Å². The monoisotopic (exact) mass is 513 g/mol. The molecule has 0 spiro atoms. The molecular weight excluding hydrogens is 490 g/mol. The second-order valence-electron chi connectivity index (χ2n) is 8.26. The molecule has 0 saturated carbocycles. The van der Waals surface area contributed by atoms with Crippen molar-refractivity contribution in [3.63, 3.8) is 0 Å². The van der Waals surface area contributed by atoms with Gasteiger partial charge in [-0.1, -0.05) is 11.6 Å². The molecule has 1 aromatic carbocycles. The average molecular weight is 514 g/mol. The maximum atomic E-state index is 13.3. The first kappa shape index (κ1) is 24.7. The van der Waals surface area contributed by atoms with Crippen LogP contribution in [0.15, 0.2) is 36.5 Å². The first-order chi connectivity index (χ1) is 16.7. The molecule has 0 aliphatic carbocycles. The quantitative estimate of drug-likeness (QED) is 0.469. The van der Waals surface area contributed by atoms with Crippen molar-refractivity contribution in [2.45, 2.75) is 20.0 Å². The van der Waals surface area contributed by atoms with Gasteiger partial charge in [0.2, 0.25) is 0 Å². The van der Waals surface area contributed by atoms with E-state index in [0.717, 1.165) is 16.0 Å². The lowest BCUT2D eigenvalue weighted by atomic mass is 10.1. The van der Waals surface area contributed by atoms with E-state index < -0.39 is 0 Å². The summed E-state index contributed by atoms with van der Waals surface area (Å²) in [4.78, 5) is 45.6. The molecule has 0 fully saturated rings. The van der Waals surface area contributed by atoms with Gasteiger partial charge in [0.1, 0.15) is 18.1 Å². The molecule has 10 heteroatoms. The number of hydrogen-bond acceptors (Lipinski definition) is 7. The zero-order chi connectivity index (χ0) is 25.3. The van der Waals surface area contributed by atoms with Gasteiger partial charge < -0.3 is 19.3 Å². The van der Waals surface area contributed by atoms with Gasteiger partial charge in [-0.15, -0.1) is 11.3 Å². The summed E-state index contributed by atoms with van der Waals surface area (Å²) in [6.45, 7) is 1.91. The Morgan fingerprint density at radius 1 is 1.14 bits per heavy atom. The lowest BCUT2D eigenvalue weighted by Gasteiger charge is -2.19. The third-order valence-corrected chi connectivity index (χ3v) is 6.96. The number of anilines is 1. The summed E-state index contributed by atoms with van der Waals surface area (Å²) < 4.78 is 10.9. The van der Waals surface area contributed by atoms with Gasteiger partial charge in [0.05, 0.1) is 27.1 Å². The van der Waals surface area contributed by atoms with Crippen LogP contribution in [0.2, 0.25) is 5.02 Å². The minimum atomic E-state index is -0.368. The highest BCUT2D eigenvalue weighted by molar-refractivity contribution is 7.17. The summed E-state index contributed by atoms with van der Waals surface area (Å²) in [5.74, 6) is -0.163. The number of thiophene rings is 1. The third-order valence-electron chi connectivity index (χ3n) is 5.48. The highest BCUT2D eigenvalue weighted by Gasteiger charge is 2.25. The van der Waals surface area contributed by atoms with Crippen LogP contribution in [-0.4, -0.2) is 55.4 Å². The molecule has 0 bridgehead atoms. The van der Waals surface area contributed by atoms with E-state index in [2.05, 4.69) is 4.98 Å². The van der Waals surface area contributed by atoms with Gasteiger partial charge in [0, 0.05) is 51.8 Å². The molecule has 1 aliphatic heterocycles. The zero-order valence-corrected chi connectivity index (χ0v) is 21.3. The largest absolute Gasteiger partial charge is 0.491 e. The van der Waals surface area contributed by atoms with Crippen LogP contribution in [0.5, 0.6) is 5.75 Å². The Morgan fingerprint density at radius 2 is 1.91 bits per heavy atom. The van der Waals surface area contributed by atoms with E-state index in [9.17, 15) is 14.4 Å². The van der Waals surface area contributed by atoms with E-state index in [1.807, 2.05) is 12.1 Å². The molecule has 0 N–H and O–H groups in total. The van der Waals surface area contributed by atoms with Crippen molar-refractivity contribution >= 4 is 46.4 Å². The predicted molar refractivity (Wildman–Crippen MR) is 134 cm³/mol. The van der Waals surface area contributed by atoms with E-state index in [-0.39, 0.29) is 24.4 Å². The molecule has 3 aromatic rings. The molecule has 0 radical (unpaired) electrons. The third kappa shape index (κ3) is 5.16. The standard InChI is InChI=1S/C25H24ClN3O5S/c1-14(30)34-13-15-9-20-22(27-12-15)23-16(7-8-33-20)11-21(35-23)25(32)29(4)19-6-5-17(10-18(19)26)24(31)28(2)3/h5-6,9-12H,7-8,13H2,1-4H3. The zero-order valence-electron chi connectivity index (χ0n) is 19.8. The summed E-state index contributed by atoms with van der Waals surface area (Å²) in [5.41, 5.74) is 3.31. The number of nitrogens with zero attached hydrogens (tertiary/aromatic N) is 3. The molecule has 182 valence electrons. The Bertz CT molecular complexity index is 1320. The van der Waals surface area contributed by atoms with Crippen LogP contribution in [0.25, 0.3) is 10.6 Å². The van der Waals surface area contributed by atoms with E-state index in [0.29, 0.717) is 45.6 Å². The average Bonchev–Trinajstić information content (AvgIpc) is 3.17. The number of carbonyl (C=O) groups excluding carboxylic acids is 3. The highest BCUT2D eigenvalue weighted by atomic mass is 35.5. The smallest absolute Gasteiger partial charge is 0.302 e. The highest BCUT2D eigenvalue weighted by Crippen LogP contribution is 2.40. The van der Waals surface area contributed by atoms with E-state index in [4.69, 9.17) is 21.1 Å². The molecule has 0 atom stereocenters. The molecule has 2 aromatic heterocycles. The van der Waals surface area contributed by atoms with E-state index in [1.54, 1.807) is 45.5 Å². The molecule has 1 aliphatic rings. The van der Waals surface area contributed by atoms with Crippen LogP contribution < -0.4 is 9.64 Å². The van der Waals surface area contributed by atoms with Gasteiger partial charge in [-0.3, -0.25) is 19.4 Å². The molecule has 0 saturated heterocycles. The summed E-state index contributed by atoms with van der Waals surface area (Å²) in [6.07, 6.45) is 2.27. The van der Waals surface area contributed by atoms with Crippen molar-refractivity contribution in [1.29, 1.82) is 0 Å². The Morgan fingerprint density at radius 3 is 2.60 bits per heavy atom. The van der Waals surface area contributed by atoms with Crippen LogP contribution >= 0.6 is 22.9 Å². The maximum absolute atomic E-state index is 13.3. The Labute approximate surface area is 212 Å². The first-order valence-electron chi connectivity index (χ1n) is 10.8. The molecule has 4 rings (SSSR count). The Hall–Kier alpha value is -3.43. The topological polar surface area (TPSA) is 89.0 Å². The fourth-order valence-electron chi connectivity index (χ4n) is 3.67. The fourth-order valence-corrected chi connectivity index (χ4v) is 5.16. The minimum Gasteiger partial charge on any atom is -0.491 e. The van der Waals surface area contributed by atoms with E-state index >= 15 is 0 Å². The van der Waals surface area contributed by atoms with Crippen molar-refractivity contribution in [3.8, 4) is 16.3 Å². The minimum absolute atomic E-state index is 0.116. The van der Waals surface area contributed by atoms with Gasteiger partial charge in [-0.2, -0.15) is 0 Å². The summed E-state index contributed by atoms with van der Waals surface area (Å²) in [5, 5.41) is 0.312. The summed E-state index contributed by atoms with van der Waals surface area (Å²) in [7, 11) is 4.98. The maximum Gasteiger partial charge on any atom is 0.302 e. The lowest BCUT2D eigenvalue weighted by Crippen LogP contribution is -2.26. The van der Waals surface area contributed by atoms with Gasteiger partial charge in [0.15, 0.2) is 0 Å². The number of pyridine rings is 1. The Balaban J connectivity index is 1.61. The number of esters is 1. The Kier molecular flexibility index (Phi) is 7.09. The predicted octanol–water partition coefficient (Wildman–Crippen LogP) is 4.44. The first-order valence-corrected chi connectivity index (χ1v) is 12.0. The van der Waals surface area contributed by atoms with Gasteiger partial charge in [-0.25, -0.2) is 0 Å². The molecule has 35 heavy (non-hydrogen) atoms. The molecular formula is C25H24ClN3O5S. The summed E-state index contributed by atoms with van der Waals surface area (Å²) in [6, 6.07) is 8.57. The number of carbonyl (C=O) groups is 3. The van der Waals surface area contributed by atoms with Crippen LogP contribution in [0.1, 0.15) is 38.1 Å². The number of hydrogen-bond donors (Lipinski definition) is 0. The number of amides is 2. The van der Waals surface area contributed by atoms with Crippen molar-refractivity contribution in [3.05, 3.63) is 63.1 Å². The van der Waals surface area contributed by atoms with Gasteiger partial charge in [-0.05, 0) is 35.9 Å². The van der Waals surface area contributed by atoms with Crippen molar-refractivity contribution < 1.29 is 23.9 Å². The second-order valence-corrected chi connectivity index (χ2v) is 9.72. The fraction of sp³-hybridized carbons (Fsp3) is 0.280. The summed E-state index contributed by atoms with van der Waals surface area (Å²) >= 11 is 7.78. The number of benzene rings is 1. The van der Waals surface area contributed by atoms with Crippen LogP contribution in [-0.2, 0) is 22.6 Å². The second kappa shape index (κ2) is 10.1. The molecule has 8 nitrogen and oxygen atoms in total. The molecule has 2 amide bonds. The van der Waals surface area contributed by atoms with E-state index in [1.165, 1.54) is 28.1 Å². The normalized spacial score (nSPS) is 12.0. The number of rotatable bonds is 5. The van der Waals surface area contributed by atoms with Crippen molar-refractivity contribution in [1.82, 2.24) is 9.88 Å². The number of halogens is 1. The number of ether oxygens (including phenoxy) is 2. The molecule has 3 heterocycles. The van der Waals surface area contributed by atoms with Crippen molar-refractivity contribution in [2.24, 2.45) is 0 Å². The number of fused-ring (bicyclic) bond motifs is 3.